The second kappa shape index (κ2) is 7.53. The van der Waals surface area contributed by atoms with Gasteiger partial charge >= 0.3 is 5.97 Å². The Balaban J connectivity index is 2.60. The Labute approximate surface area is 112 Å². The number of aliphatic carboxylic acids is 1. The third-order valence-electron chi connectivity index (χ3n) is 2.73. The number of hydrogen-bond donors (Lipinski definition) is 2. The van der Waals surface area contributed by atoms with Gasteiger partial charge < -0.3 is 15.2 Å². The van der Waals surface area contributed by atoms with E-state index in [9.17, 15) is 9.59 Å². The molecule has 1 rings (SSSR count). The zero-order chi connectivity index (χ0) is 14.3. The second-order valence-corrected chi connectivity index (χ2v) is 4.26. The molecule has 0 saturated heterocycles. The maximum Gasteiger partial charge on any atom is 0.328 e. The molecule has 2 N–H and O–H groups in total. The van der Waals surface area contributed by atoms with Gasteiger partial charge in [0.2, 0.25) is 5.91 Å². The van der Waals surface area contributed by atoms with Crippen molar-refractivity contribution in [3.63, 3.8) is 0 Å². The van der Waals surface area contributed by atoms with Crippen molar-refractivity contribution in [3.8, 4) is 0 Å². The number of ether oxygens (including phenoxy) is 1. The fourth-order valence-corrected chi connectivity index (χ4v) is 1.73. The van der Waals surface area contributed by atoms with E-state index in [-0.39, 0.29) is 18.9 Å². The Morgan fingerprint density at radius 2 is 2.05 bits per heavy atom. The average Bonchev–Trinajstić information content (AvgIpc) is 2.38. The summed E-state index contributed by atoms with van der Waals surface area (Å²) >= 11 is 0. The van der Waals surface area contributed by atoms with Crippen LogP contribution >= 0.6 is 0 Å². The molecule has 5 nitrogen and oxygen atoms in total. The van der Waals surface area contributed by atoms with Crippen molar-refractivity contribution in [1.29, 1.82) is 0 Å². The summed E-state index contributed by atoms with van der Waals surface area (Å²) in [5, 5.41) is 11.3. The largest absolute Gasteiger partial charge is 0.480 e. The molecule has 1 amide bonds. The lowest BCUT2D eigenvalue weighted by Gasteiger charge is -2.13. The molecule has 5 heteroatoms. The third-order valence-corrected chi connectivity index (χ3v) is 2.73. The standard InChI is InChI=1S/C14H19NO4/c1-3-10-5-4-6-11(7-10)8-13(16)15-12(9-19-2)14(17)18/h4-7,12H,3,8-9H2,1-2H3,(H,15,16)(H,17,18). The number of nitrogens with one attached hydrogen (secondary N) is 1. The van der Waals surface area contributed by atoms with Crippen LogP contribution < -0.4 is 5.32 Å². The van der Waals surface area contributed by atoms with Crippen LogP contribution in [0.2, 0.25) is 0 Å². The van der Waals surface area contributed by atoms with Crippen LogP contribution in [0.5, 0.6) is 0 Å². The highest BCUT2D eigenvalue weighted by Crippen LogP contribution is 2.06. The molecule has 0 spiro atoms. The molecule has 104 valence electrons. The van der Waals surface area contributed by atoms with Crippen LogP contribution in [0.4, 0.5) is 0 Å². The summed E-state index contributed by atoms with van der Waals surface area (Å²) in [5.74, 6) is -1.42. The van der Waals surface area contributed by atoms with Crippen molar-refractivity contribution in [2.75, 3.05) is 13.7 Å². The quantitative estimate of drug-likeness (QED) is 0.771. The minimum atomic E-state index is -1.10. The number of methoxy groups -OCH3 is 1. The van der Waals surface area contributed by atoms with Crippen LogP contribution in [0.15, 0.2) is 24.3 Å². The molecular formula is C14H19NO4. The fourth-order valence-electron chi connectivity index (χ4n) is 1.73. The molecule has 0 aliphatic rings. The van der Waals surface area contributed by atoms with E-state index in [1.807, 2.05) is 31.2 Å². The normalized spacial score (nSPS) is 11.9. The van der Waals surface area contributed by atoms with Crippen LogP contribution in [0, 0.1) is 0 Å². The number of carboxylic acids is 1. The summed E-state index contributed by atoms with van der Waals surface area (Å²) in [6.07, 6.45) is 1.07. The molecule has 0 radical (unpaired) electrons. The lowest BCUT2D eigenvalue weighted by atomic mass is 10.1. The molecule has 1 atom stereocenters. The van der Waals surface area contributed by atoms with Crippen LogP contribution in [0.25, 0.3) is 0 Å². The van der Waals surface area contributed by atoms with Gasteiger partial charge in [-0.3, -0.25) is 4.79 Å². The van der Waals surface area contributed by atoms with Gasteiger partial charge in [-0.1, -0.05) is 31.2 Å². The highest BCUT2D eigenvalue weighted by molar-refractivity contribution is 5.84. The lowest BCUT2D eigenvalue weighted by molar-refractivity contribution is -0.143. The topological polar surface area (TPSA) is 75.6 Å². The van der Waals surface area contributed by atoms with Crippen LogP contribution in [0.1, 0.15) is 18.1 Å². The van der Waals surface area contributed by atoms with Crippen molar-refractivity contribution < 1.29 is 19.4 Å². The minimum absolute atomic E-state index is 0.0456. The number of rotatable bonds is 7. The van der Waals surface area contributed by atoms with E-state index in [1.54, 1.807) is 0 Å². The van der Waals surface area contributed by atoms with Gasteiger partial charge in [-0.25, -0.2) is 4.79 Å². The Bertz CT molecular complexity index is 445. The molecule has 0 aliphatic carbocycles. The van der Waals surface area contributed by atoms with E-state index < -0.39 is 12.0 Å². The zero-order valence-electron chi connectivity index (χ0n) is 11.2. The Morgan fingerprint density at radius 1 is 1.37 bits per heavy atom. The lowest BCUT2D eigenvalue weighted by Crippen LogP contribution is -2.44. The SMILES string of the molecule is CCc1cccc(CC(=O)NC(COC)C(=O)O)c1. The van der Waals surface area contributed by atoms with Crippen LogP contribution in [-0.4, -0.2) is 36.7 Å². The van der Waals surface area contributed by atoms with Gasteiger partial charge in [-0.05, 0) is 17.5 Å². The van der Waals surface area contributed by atoms with Gasteiger partial charge in [-0.2, -0.15) is 0 Å². The van der Waals surface area contributed by atoms with E-state index in [0.717, 1.165) is 17.5 Å². The zero-order valence-corrected chi connectivity index (χ0v) is 11.2. The minimum Gasteiger partial charge on any atom is -0.480 e. The summed E-state index contributed by atoms with van der Waals surface area (Å²) in [6, 6.07) is 6.68. The van der Waals surface area contributed by atoms with E-state index in [2.05, 4.69) is 5.32 Å². The van der Waals surface area contributed by atoms with Gasteiger partial charge in [0.25, 0.3) is 0 Å². The number of carbonyl (C=O) groups excluding carboxylic acids is 1. The first kappa shape index (κ1) is 15.2. The summed E-state index contributed by atoms with van der Waals surface area (Å²) in [7, 11) is 1.40. The number of aryl methyl sites for hydroxylation is 1. The number of carboxylic acid groups (broad SMARTS) is 1. The fraction of sp³-hybridized carbons (Fsp3) is 0.429. The second-order valence-electron chi connectivity index (χ2n) is 4.26. The maximum absolute atomic E-state index is 11.8. The van der Waals surface area contributed by atoms with E-state index in [1.165, 1.54) is 7.11 Å². The van der Waals surface area contributed by atoms with E-state index in [0.29, 0.717) is 0 Å². The van der Waals surface area contributed by atoms with Gasteiger partial charge in [0, 0.05) is 7.11 Å². The molecule has 19 heavy (non-hydrogen) atoms. The van der Waals surface area contributed by atoms with Crippen molar-refractivity contribution in [2.45, 2.75) is 25.8 Å². The predicted octanol–water partition coefficient (Wildman–Crippen LogP) is 1.01. The highest BCUT2D eigenvalue weighted by Gasteiger charge is 2.19. The van der Waals surface area contributed by atoms with Crippen molar-refractivity contribution in [1.82, 2.24) is 5.32 Å². The number of hydrogen-bond acceptors (Lipinski definition) is 3. The van der Waals surface area contributed by atoms with Crippen LogP contribution in [0.3, 0.4) is 0 Å². The molecule has 1 aromatic carbocycles. The molecule has 0 aromatic heterocycles. The van der Waals surface area contributed by atoms with Crippen LogP contribution in [-0.2, 0) is 27.2 Å². The molecule has 0 saturated carbocycles. The van der Waals surface area contributed by atoms with E-state index in [4.69, 9.17) is 9.84 Å². The van der Waals surface area contributed by atoms with E-state index >= 15 is 0 Å². The smallest absolute Gasteiger partial charge is 0.328 e. The summed E-state index contributed by atoms with van der Waals surface area (Å²) in [4.78, 5) is 22.7. The number of amides is 1. The van der Waals surface area contributed by atoms with Crippen molar-refractivity contribution >= 4 is 11.9 Å². The first-order chi connectivity index (χ1) is 9.06. The number of benzene rings is 1. The predicted molar refractivity (Wildman–Crippen MR) is 71.0 cm³/mol. The number of carbonyl (C=O) groups is 2. The van der Waals surface area contributed by atoms with Crippen molar-refractivity contribution in [2.24, 2.45) is 0 Å². The maximum atomic E-state index is 11.8. The molecule has 0 heterocycles. The van der Waals surface area contributed by atoms with Gasteiger partial charge in [0.05, 0.1) is 13.0 Å². The summed E-state index contributed by atoms with van der Waals surface area (Å²) in [5.41, 5.74) is 2.02. The van der Waals surface area contributed by atoms with Gasteiger partial charge in [-0.15, -0.1) is 0 Å². The summed E-state index contributed by atoms with van der Waals surface area (Å²) in [6.45, 7) is 1.99. The molecule has 1 unspecified atom stereocenters. The Morgan fingerprint density at radius 3 is 2.63 bits per heavy atom. The monoisotopic (exact) mass is 265 g/mol. The third kappa shape index (κ3) is 5.09. The Hall–Kier alpha value is -1.88. The molecule has 0 aliphatic heterocycles. The molecule has 1 aromatic rings. The van der Waals surface area contributed by atoms with Gasteiger partial charge in [0.1, 0.15) is 0 Å². The molecule has 0 bridgehead atoms. The summed E-state index contributed by atoms with van der Waals surface area (Å²) < 4.78 is 4.76. The first-order valence-corrected chi connectivity index (χ1v) is 6.15. The Kier molecular flexibility index (Phi) is 6.02. The highest BCUT2D eigenvalue weighted by atomic mass is 16.5. The first-order valence-electron chi connectivity index (χ1n) is 6.15. The van der Waals surface area contributed by atoms with Gasteiger partial charge in [0.15, 0.2) is 6.04 Å². The van der Waals surface area contributed by atoms with Crippen molar-refractivity contribution in [3.05, 3.63) is 35.4 Å². The average molecular weight is 265 g/mol. The molecule has 0 fully saturated rings. The molecular weight excluding hydrogens is 246 g/mol.